The number of hydrogen-bond acceptors (Lipinski definition) is 4. The molecule has 0 spiro atoms. The van der Waals surface area contributed by atoms with E-state index in [0.29, 0.717) is 24.3 Å². The number of hydrogen-bond donors (Lipinski definition) is 1. The van der Waals surface area contributed by atoms with Crippen molar-refractivity contribution in [3.05, 3.63) is 16.5 Å². The Balaban J connectivity index is 1.79. The number of anilines is 1. The highest BCUT2D eigenvalue weighted by Gasteiger charge is 2.31. The molecule has 1 heterocycles. The normalized spacial score (nSPS) is 21.8. The smallest absolute Gasteiger partial charge is 0.225 e. The second-order valence-electron chi connectivity index (χ2n) is 4.51. The van der Waals surface area contributed by atoms with Crippen molar-refractivity contribution in [3.63, 3.8) is 0 Å². The van der Waals surface area contributed by atoms with Crippen molar-refractivity contribution in [2.45, 2.75) is 32.3 Å². The van der Waals surface area contributed by atoms with Gasteiger partial charge in [0.2, 0.25) is 11.2 Å². The lowest BCUT2D eigenvalue weighted by Crippen LogP contribution is -2.34. The van der Waals surface area contributed by atoms with Crippen LogP contribution < -0.4 is 5.32 Å². The summed E-state index contributed by atoms with van der Waals surface area (Å²) in [5.74, 6) is 0.616. The van der Waals surface area contributed by atoms with Crippen LogP contribution >= 0.6 is 23.2 Å². The summed E-state index contributed by atoms with van der Waals surface area (Å²) < 4.78 is 5.45. The van der Waals surface area contributed by atoms with E-state index in [4.69, 9.17) is 27.9 Å². The third-order valence-corrected chi connectivity index (χ3v) is 3.37. The summed E-state index contributed by atoms with van der Waals surface area (Å²) in [6, 6.07) is 1.47. The predicted octanol–water partition coefficient (Wildman–Crippen LogP) is 2.93. The molecule has 1 aromatic rings. The molecule has 1 aromatic heterocycles. The molecule has 0 aliphatic heterocycles. The molecule has 0 unspecified atom stereocenters. The van der Waals surface area contributed by atoms with Crippen molar-refractivity contribution < 1.29 is 9.53 Å². The van der Waals surface area contributed by atoms with Gasteiger partial charge >= 0.3 is 0 Å². The van der Waals surface area contributed by atoms with Crippen molar-refractivity contribution >= 4 is 34.9 Å². The van der Waals surface area contributed by atoms with Crippen LogP contribution in [0.3, 0.4) is 0 Å². The molecule has 0 radical (unpaired) electrons. The molecule has 0 saturated heterocycles. The Bertz CT molecular complexity index is 444. The molecule has 1 amide bonds. The van der Waals surface area contributed by atoms with E-state index in [1.807, 2.05) is 6.92 Å². The maximum Gasteiger partial charge on any atom is 0.225 e. The average Bonchev–Trinajstić information content (AvgIpc) is 2.24. The number of ether oxygens (including phenoxy) is 1. The molecule has 1 fully saturated rings. The van der Waals surface area contributed by atoms with Gasteiger partial charge in [-0.1, -0.05) is 11.6 Å². The van der Waals surface area contributed by atoms with Gasteiger partial charge in [0.05, 0.1) is 6.10 Å². The Kier molecular flexibility index (Phi) is 4.96. The molecule has 19 heavy (non-hydrogen) atoms. The predicted molar refractivity (Wildman–Crippen MR) is 73.4 cm³/mol. The zero-order valence-corrected chi connectivity index (χ0v) is 12.0. The summed E-state index contributed by atoms with van der Waals surface area (Å²) in [6.45, 7) is 2.70. The number of aromatic nitrogens is 2. The SMILES string of the molecule is CCOC1CC(CC(=O)Nc2cc(Cl)nc(Cl)n2)C1. The minimum Gasteiger partial charge on any atom is -0.378 e. The number of halogens is 2. The first-order valence-corrected chi connectivity index (χ1v) is 6.94. The van der Waals surface area contributed by atoms with E-state index >= 15 is 0 Å². The third kappa shape index (κ3) is 4.30. The fourth-order valence-corrected chi connectivity index (χ4v) is 2.53. The van der Waals surface area contributed by atoms with Crippen LogP contribution in [-0.4, -0.2) is 28.6 Å². The molecule has 0 bridgehead atoms. The topological polar surface area (TPSA) is 64.1 Å². The van der Waals surface area contributed by atoms with Gasteiger partial charge in [0.15, 0.2) is 0 Å². The molecular weight excluding hydrogens is 289 g/mol. The highest BCUT2D eigenvalue weighted by Crippen LogP contribution is 2.32. The summed E-state index contributed by atoms with van der Waals surface area (Å²) in [6.07, 6.45) is 2.65. The number of rotatable bonds is 5. The first kappa shape index (κ1) is 14.5. The molecule has 1 saturated carbocycles. The third-order valence-electron chi connectivity index (χ3n) is 3.00. The van der Waals surface area contributed by atoms with Gasteiger partial charge < -0.3 is 10.1 Å². The molecule has 5 nitrogen and oxygen atoms in total. The highest BCUT2D eigenvalue weighted by atomic mass is 35.5. The van der Waals surface area contributed by atoms with Crippen LogP contribution in [0.4, 0.5) is 5.82 Å². The van der Waals surface area contributed by atoms with E-state index in [9.17, 15) is 4.79 Å². The second-order valence-corrected chi connectivity index (χ2v) is 5.24. The van der Waals surface area contributed by atoms with Crippen LogP contribution in [0.1, 0.15) is 26.2 Å². The molecular formula is C12H15Cl2N3O2. The maximum absolute atomic E-state index is 11.8. The summed E-state index contributed by atoms with van der Waals surface area (Å²) in [7, 11) is 0. The fraction of sp³-hybridized carbons (Fsp3) is 0.583. The lowest BCUT2D eigenvalue weighted by molar-refractivity contribution is -0.119. The quantitative estimate of drug-likeness (QED) is 0.671. The molecule has 2 rings (SSSR count). The van der Waals surface area contributed by atoms with Crippen molar-refractivity contribution in [2.24, 2.45) is 5.92 Å². The summed E-state index contributed by atoms with van der Waals surface area (Å²) >= 11 is 11.4. The number of nitrogens with one attached hydrogen (secondary N) is 1. The van der Waals surface area contributed by atoms with Gasteiger partial charge in [-0.05, 0) is 37.3 Å². The molecule has 1 N–H and O–H groups in total. The molecule has 1 aliphatic carbocycles. The zero-order valence-electron chi connectivity index (χ0n) is 10.5. The largest absolute Gasteiger partial charge is 0.378 e. The van der Waals surface area contributed by atoms with Gasteiger partial charge in [0, 0.05) is 19.1 Å². The van der Waals surface area contributed by atoms with Crippen LogP contribution in [0.25, 0.3) is 0 Å². The Hall–Kier alpha value is -0.910. The van der Waals surface area contributed by atoms with Gasteiger partial charge in [-0.3, -0.25) is 4.79 Å². The van der Waals surface area contributed by atoms with Crippen LogP contribution in [0.5, 0.6) is 0 Å². The number of nitrogens with zero attached hydrogens (tertiary/aromatic N) is 2. The Labute approximate surface area is 121 Å². The lowest BCUT2D eigenvalue weighted by atomic mass is 9.80. The first-order valence-electron chi connectivity index (χ1n) is 6.18. The molecule has 104 valence electrons. The van der Waals surface area contributed by atoms with Gasteiger partial charge in [0.25, 0.3) is 0 Å². The van der Waals surface area contributed by atoms with Crippen LogP contribution in [0, 0.1) is 5.92 Å². The van der Waals surface area contributed by atoms with Crippen molar-refractivity contribution in [3.8, 4) is 0 Å². The molecule has 1 aliphatic rings. The van der Waals surface area contributed by atoms with E-state index in [2.05, 4.69) is 15.3 Å². The summed E-state index contributed by atoms with van der Waals surface area (Å²) in [5, 5.41) is 2.89. The highest BCUT2D eigenvalue weighted by molar-refractivity contribution is 6.32. The molecule has 0 atom stereocenters. The first-order chi connectivity index (χ1) is 9.06. The Morgan fingerprint density at radius 2 is 2.21 bits per heavy atom. The van der Waals surface area contributed by atoms with Gasteiger partial charge in [-0.15, -0.1) is 0 Å². The number of carbonyl (C=O) groups excluding carboxylic acids is 1. The van der Waals surface area contributed by atoms with Gasteiger partial charge in [-0.25, -0.2) is 9.97 Å². The standard InChI is InChI=1S/C12H15Cl2N3O2/c1-2-19-8-3-7(4-8)5-11(18)16-10-6-9(13)15-12(14)17-10/h6-8H,2-5H2,1H3,(H,15,16,17,18). The van der Waals surface area contributed by atoms with Crippen LogP contribution in [0.2, 0.25) is 10.4 Å². The lowest BCUT2D eigenvalue weighted by Gasteiger charge is -2.34. The van der Waals surface area contributed by atoms with Crippen LogP contribution in [-0.2, 0) is 9.53 Å². The van der Waals surface area contributed by atoms with E-state index in [1.165, 1.54) is 6.07 Å². The van der Waals surface area contributed by atoms with Gasteiger partial charge in [-0.2, -0.15) is 0 Å². The van der Waals surface area contributed by atoms with Crippen molar-refractivity contribution in [2.75, 3.05) is 11.9 Å². The number of carbonyl (C=O) groups is 1. The van der Waals surface area contributed by atoms with E-state index in [1.54, 1.807) is 0 Å². The monoisotopic (exact) mass is 303 g/mol. The fourth-order valence-electron chi connectivity index (χ4n) is 2.12. The zero-order chi connectivity index (χ0) is 13.8. The van der Waals surface area contributed by atoms with Crippen molar-refractivity contribution in [1.82, 2.24) is 9.97 Å². The maximum atomic E-state index is 11.8. The minimum atomic E-state index is -0.0919. The van der Waals surface area contributed by atoms with Gasteiger partial charge in [0.1, 0.15) is 11.0 Å². The Morgan fingerprint density at radius 3 is 2.84 bits per heavy atom. The summed E-state index contributed by atoms with van der Waals surface area (Å²) in [5.41, 5.74) is 0. The van der Waals surface area contributed by atoms with E-state index in [-0.39, 0.29) is 16.3 Å². The van der Waals surface area contributed by atoms with E-state index in [0.717, 1.165) is 19.4 Å². The van der Waals surface area contributed by atoms with Crippen molar-refractivity contribution in [1.29, 1.82) is 0 Å². The Morgan fingerprint density at radius 1 is 1.47 bits per heavy atom. The minimum absolute atomic E-state index is 0.0165. The molecule has 0 aromatic carbocycles. The van der Waals surface area contributed by atoms with E-state index < -0.39 is 0 Å². The second kappa shape index (κ2) is 6.50. The average molecular weight is 304 g/mol. The molecule has 7 heteroatoms. The number of amides is 1. The summed E-state index contributed by atoms with van der Waals surface area (Å²) in [4.78, 5) is 19.4. The van der Waals surface area contributed by atoms with Crippen LogP contribution in [0.15, 0.2) is 6.07 Å².